The van der Waals surface area contributed by atoms with Crippen LogP contribution in [0.3, 0.4) is 0 Å². The van der Waals surface area contributed by atoms with Gasteiger partial charge in [-0.15, -0.1) is 0 Å². The largest absolute Gasteiger partial charge is 0.338 e. The molecule has 6 heteroatoms. The van der Waals surface area contributed by atoms with E-state index in [-0.39, 0.29) is 23.4 Å². The van der Waals surface area contributed by atoms with Gasteiger partial charge in [0.15, 0.2) is 0 Å². The molecule has 0 spiro atoms. The number of likely N-dealkylation sites (tertiary alicyclic amines) is 1. The van der Waals surface area contributed by atoms with E-state index in [0.717, 1.165) is 12.1 Å². The Kier molecular flexibility index (Phi) is 5.23. The summed E-state index contributed by atoms with van der Waals surface area (Å²) in [4.78, 5) is 30.2. The Hall–Kier alpha value is -2.11. The molecule has 1 aliphatic rings. The first-order valence-electron chi connectivity index (χ1n) is 8.01. The van der Waals surface area contributed by atoms with E-state index in [1.54, 1.807) is 17.2 Å². The third-order valence-corrected chi connectivity index (χ3v) is 3.75. The molecule has 3 amide bonds. The highest BCUT2D eigenvalue weighted by Crippen LogP contribution is 2.14. The molecule has 1 saturated heterocycles. The quantitative estimate of drug-likeness (QED) is 0.894. The van der Waals surface area contributed by atoms with E-state index >= 15 is 0 Å². The predicted octanol–water partition coefficient (Wildman–Crippen LogP) is 1.95. The summed E-state index contributed by atoms with van der Waals surface area (Å²) in [7, 11) is 0. The minimum Gasteiger partial charge on any atom is -0.338 e. The standard InChI is InChI=1S/C17H26N4O2/c1-12-5-6-13(9-18-12)15(22)21-8-7-14(10-21)20-16(23)19-11-17(2,3)4/h5-6,9,14H,7-8,10-11H2,1-4H3,(H2,19,20,23)/t14-/m1/s1. The highest BCUT2D eigenvalue weighted by molar-refractivity contribution is 5.94. The van der Waals surface area contributed by atoms with Crippen LogP contribution in [-0.4, -0.2) is 47.5 Å². The zero-order valence-corrected chi connectivity index (χ0v) is 14.3. The monoisotopic (exact) mass is 318 g/mol. The van der Waals surface area contributed by atoms with Crippen molar-refractivity contribution in [3.05, 3.63) is 29.6 Å². The van der Waals surface area contributed by atoms with Gasteiger partial charge in [-0.05, 0) is 30.9 Å². The number of urea groups is 1. The smallest absolute Gasteiger partial charge is 0.315 e. The van der Waals surface area contributed by atoms with E-state index in [1.807, 2.05) is 13.0 Å². The van der Waals surface area contributed by atoms with Gasteiger partial charge >= 0.3 is 6.03 Å². The lowest BCUT2D eigenvalue weighted by atomic mass is 9.97. The molecule has 126 valence electrons. The topological polar surface area (TPSA) is 74.3 Å². The van der Waals surface area contributed by atoms with E-state index in [1.165, 1.54) is 0 Å². The van der Waals surface area contributed by atoms with E-state index in [0.29, 0.717) is 25.2 Å². The van der Waals surface area contributed by atoms with Crippen molar-refractivity contribution in [2.75, 3.05) is 19.6 Å². The minimum absolute atomic E-state index is 0.00248. The van der Waals surface area contributed by atoms with E-state index in [4.69, 9.17) is 0 Å². The minimum atomic E-state index is -0.170. The SMILES string of the molecule is Cc1ccc(C(=O)N2CC[C@@H](NC(=O)NCC(C)(C)C)C2)cn1. The summed E-state index contributed by atoms with van der Waals surface area (Å²) in [5.74, 6) is -0.0306. The third kappa shape index (κ3) is 5.23. The molecule has 0 aliphatic carbocycles. The number of nitrogens with zero attached hydrogens (tertiary/aromatic N) is 2. The van der Waals surface area contributed by atoms with Crippen molar-refractivity contribution in [3.8, 4) is 0 Å². The van der Waals surface area contributed by atoms with Gasteiger partial charge in [0.25, 0.3) is 5.91 Å². The van der Waals surface area contributed by atoms with Gasteiger partial charge < -0.3 is 15.5 Å². The molecule has 23 heavy (non-hydrogen) atoms. The molecule has 1 fully saturated rings. The van der Waals surface area contributed by atoms with Gasteiger partial charge in [0, 0.05) is 37.6 Å². The predicted molar refractivity (Wildman–Crippen MR) is 89.3 cm³/mol. The van der Waals surface area contributed by atoms with Crippen LogP contribution in [0.5, 0.6) is 0 Å². The van der Waals surface area contributed by atoms with Crippen LogP contribution in [0.15, 0.2) is 18.3 Å². The van der Waals surface area contributed by atoms with Crippen molar-refractivity contribution in [2.45, 2.75) is 40.2 Å². The first-order chi connectivity index (χ1) is 10.7. The lowest BCUT2D eigenvalue weighted by molar-refractivity contribution is 0.0789. The number of hydrogen-bond acceptors (Lipinski definition) is 3. The summed E-state index contributed by atoms with van der Waals surface area (Å²) in [5.41, 5.74) is 1.53. The zero-order valence-electron chi connectivity index (χ0n) is 14.3. The molecule has 2 N–H and O–H groups in total. The number of rotatable bonds is 3. The molecular formula is C17H26N4O2. The lowest BCUT2D eigenvalue weighted by Crippen LogP contribution is -2.45. The molecule has 2 rings (SSSR count). The molecular weight excluding hydrogens is 292 g/mol. The zero-order chi connectivity index (χ0) is 17.0. The molecule has 1 aliphatic heterocycles. The number of hydrogen-bond donors (Lipinski definition) is 2. The second-order valence-electron chi connectivity index (χ2n) is 7.31. The van der Waals surface area contributed by atoms with Crippen LogP contribution < -0.4 is 10.6 Å². The molecule has 1 aromatic rings. The summed E-state index contributed by atoms with van der Waals surface area (Å²) in [5, 5.41) is 5.81. The Morgan fingerprint density at radius 3 is 2.70 bits per heavy atom. The van der Waals surface area contributed by atoms with Crippen LogP contribution in [0.2, 0.25) is 0 Å². The van der Waals surface area contributed by atoms with Crippen molar-refractivity contribution in [2.24, 2.45) is 5.41 Å². The third-order valence-electron chi connectivity index (χ3n) is 3.75. The van der Waals surface area contributed by atoms with Gasteiger partial charge in [-0.1, -0.05) is 20.8 Å². The summed E-state index contributed by atoms with van der Waals surface area (Å²) in [6, 6.07) is 3.45. The maximum absolute atomic E-state index is 12.4. The molecule has 0 saturated carbocycles. The summed E-state index contributed by atoms with van der Waals surface area (Å²) >= 11 is 0. The molecule has 2 heterocycles. The fourth-order valence-corrected chi connectivity index (χ4v) is 2.42. The normalized spacial score (nSPS) is 17.9. The summed E-state index contributed by atoms with van der Waals surface area (Å²) < 4.78 is 0. The maximum Gasteiger partial charge on any atom is 0.315 e. The number of carbonyl (C=O) groups is 2. The Morgan fingerprint density at radius 1 is 1.35 bits per heavy atom. The van der Waals surface area contributed by atoms with Crippen molar-refractivity contribution in [3.63, 3.8) is 0 Å². The number of pyridine rings is 1. The molecule has 6 nitrogen and oxygen atoms in total. The fourth-order valence-electron chi connectivity index (χ4n) is 2.42. The Labute approximate surface area is 137 Å². The second-order valence-corrected chi connectivity index (χ2v) is 7.31. The number of amides is 3. The van der Waals surface area contributed by atoms with Crippen molar-refractivity contribution in [1.82, 2.24) is 20.5 Å². The first-order valence-corrected chi connectivity index (χ1v) is 8.01. The molecule has 1 aromatic heterocycles. The van der Waals surface area contributed by atoms with Crippen LogP contribution in [-0.2, 0) is 0 Å². The van der Waals surface area contributed by atoms with Gasteiger partial charge in [0.05, 0.1) is 5.56 Å². The average molecular weight is 318 g/mol. The Balaban J connectivity index is 1.82. The molecule has 0 unspecified atom stereocenters. The van der Waals surface area contributed by atoms with Gasteiger partial charge in [0.2, 0.25) is 0 Å². The molecule has 0 aromatic carbocycles. The van der Waals surface area contributed by atoms with Crippen LogP contribution in [0.4, 0.5) is 4.79 Å². The first kappa shape index (κ1) is 17.2. The highest BCUT2D eigenvalue weighted by Gasteiger charge is 2.28. The van der Waals surface area contributed by atoms with E-state index in [2.05, 4.69) is 36.4 Å². The Morgan fingerprint density at radius 2 is 2.09 bits per heavy atom. The number of nitrogens with one attached hydrogen (secondary N) is 2. The lowest BCUT2D eigenvalue weighted by Gasteiger charge is -2.21. The average Bonchev–Trinajstić information content (AvgIpc) is 2.93. The van der Waals surface area contributed by atoms with Gasteiger partial charge in [-0.2, -0.15) is 0 Å². The highest BCUT2D eigenvalue weighted by atomic mass is 16.2. The van der Waals surface area contributed by atoms with Gasteiger partial charge in [-0.3, -0.25) is 9.78 Å². The Bertz CT molecular complexity index is 563. The van der Waals surface area contributed by atoms with Crippen LogP contribution in [0.1, 0.15) is 43.2 Å². The van der Waals surface area contributed by atoms with E-state index < -0.39 is 0 Å². The molecule has 1 atom stereocenters. The van der Waals surface area contributed by atoms with E-state index in [9.17, 15) is 9.59 Å². The molecule has 0 radical (unpaired) electrons. The van der Waals surface area contributed by atoms with Crippen LogP contribution in [0.25, 0.3) is 0 Å². The maximum atomic E-state index is 12.4. The second kappa shape index (κ2) is 6.98. The number of aryl methyl sites for hydroxylation is 1. The fraction of sp³-hybridized carbons (Fsp3) is 0.588. The van der Waals surface area contributed by atoms with Crippen LogP contribution in [0, 0.1) is 12.3 Å². The van der Waals surface area contributed by atoms with Crippen molar-refractivity contribution in [1.29, 1.82) is 0 Å². The number of carbonyl (C=O) groups excluding carboxylic acids is 2. The summed E-state index contributed by atoms with van der Waals surface area (Å²) in [6.45, 7) is 9.90. The number of aromatic nitrogens is 1. The molecule has 0 bridgehead atoms. The van der Waals surface area contributed by atoms with Crippen LogP contribution >= 0.6 is 0 Å². The van der Waals surface area contributed by atoms with Gasteiger partial charge in [0.1, 0.15) is 0 Å². The van der Waals surface area contributed by atoms with Crippen molar-refractivity contribution >= 4 is 11.9 Å². The van der Waals surface area contributed by atoms with Gasteiger partial charge in [-0.25, -0.2) is 4.79 Å². The van der Waals surface area contributed by atoms with Crippen molar-refractivity contribution < 1.29 is 9.59 Å². The summed E-state index contributed by atoms with van der Waals surface area (Å²) in [6.07, 6.45) is 2.38.